The maximum absolute atomic E-state index is 9.84. The van der Waals surface area contributed by atoms with Crippen molar-refractivity contribution in [2.45, 2.75) is 45.6 Å². The molecule has 1 aromatic heterocycles. The molecule has 2 aliphatic heterocycles. The molecule has 118 valence electrons. The van der Waals surface area contributed by atoms with Gasteiger partial charge in [0.05, 0.1) is 0 Å². The molecule has 4 unspecified atom stereocenters. The fraction of sp³-hybridized carbons (Fsp3) is 0.579. The van der Waals surface area contributed by atoms with Gasteiger partial charge in [0.15, 0.2) is 0 Å². The number of piperidine rings is 1. The first kappa shape index (κ1) is 14.1. The van der Waals surface area contributed by atoms with Crippen LogP contribution >= 0.6 is 0 Å². The van der Waals surface area contributed by atoms with Crippen LogP contribution in [-0.2, 0) is 6.42 Å². The third-order valence-corrected chi connectivity index (χ3v) is 5.51. The van der Waals surface area contributed by atoms with E-state index in [1.807, 2.05) is 12.1 Å². The smallest absolute Gasteiger partial charge is 0.134 e. The first-order valence-corrected chi connectivity index (χ1v) is 8.53. The lowest BCUT2D eigenvalue weighted by atomic mass is 9.78. The van der Waals surface area contributed by atoms with Crippen LogP contribution in [-0.4, -0.2) is 29.1 Å². The Morgan fingerprint density at radius 2 is 2.14 bits per heavy atom. The zero-order chi connectivity index (χ0) is 15.4. The summed E-state index contributed by atoms with van der Waals surface area (Å²) in [6, 6.07) is 6.08. The van der Waals surface area contributed by atoms with E-state index >= 15 is 0 Å². The van der Waals surface area contributed by atoms with Crippen molar-refractivity contribution in [2.75, 3.05) is 13.1 Å². The molecule has 3 heteroatoms. The molecular weight excluding hydrogens is 274 g/mol. The third kappa shape index (κ3) is 2.06. The van der Waals surface area contributed by atoms with Crippen LogP contribution in [0.15, 0.2) is 22.6 Å². The van der Waals surface area contributed by atoms with E-state index in [1.165, 1.54) is 24.3 Å². The summed E-state index contributed by atoms with van der Waals surface area (Å²) in [5, 5.41) is 10.9. The Labute approximate surface area is 131 Å². The van der Waals surface area contributed by atoms with Crippen LogP contribution in [0.1, 0.15) is 44.4 Å². The Morgan fingerprint density at radius 3 is 2.91 bits per heavy atom. The number of benzene rings is 1. The van der Waals surface area contributed by atoms with Crippen molar-refractivity contribution in [3.8, 4) is 5.75 Å². The van der Waals surface area contributed by atoms with Crippen molar-refractivity contribution in [1.82, 2.24) is 4.90 Å². The van der Waals surface area contributed by atoms with Gasteiger partial charge in [0.2, 0.25) is 0 Å². The van der Waals surface area contributed by atoms with Crippen molar-refractivity contribution in [2.24, 2.45) is 11.8 Å². The van der Waals surface area contributed by atoms with Crippen molar-refractivity contribution in [3.05, 3.63) is 29.5 Å². The van der Waals surface area contributed by atoms with Gasteiger partial charge < -0.3 is 9.52 Å². The highest BCUT2D eigenvalue weighted by molar-refractivity contribution is 5.84. The first-order chi connectivity index (χ1) is 10.5. The number of fused-ring (bicyclic) bond motifs is 6. The number of aromatic hydroxyl groups is 1. The monoisotopic (exact) mass is 299 g/mol. The largest absolute Gasteiger partial charge is 0.508 e. The predicted octanol–water partition coefficient (Wildman–Crippen LogP) is 4.14. The van der Waals surface area contributed by atoms with E-state index in [1.54, 1.807) is 6.07 Å². The molecule has 0 aliphatic carbocycles. The van der Waals surface area contributed by atoms with E-state index in [2.05, 4.69) is 25.7 Å². The lowest BCUT2D eigenvalue weighted by Gasteiger charge is -2.44. The molecule has 4 atom stereocenters. The van der Waals surface area contributed by atoms with Gasteiger partial charge in [0, 0.05) is 36.0 Å². The fourth-order valence-electron chi connectivity index (χ4n) is 4.78. The number of nitrogens with zero attached hydrogens (tertiary/aromatic N) is 1. The van der Waals surface area contributed by atoms with E-state index in [9.17, 15) is 5.11 Å². The Morgan fingerprint density at radius 1 is 1.32 bits per heavy atom. The number of phenolic OH excluding ortho intramolecular Hbond substituents is 1. The van der Waals surface area contributed by atoms with E-state index in [-0.39, 0.29) is 0 Å². The highest BCUT2D eigenvalue weighted by Gasteiger charge is 2.42. The standard InChI is InChI=1S/C19H25NO2/c1-11(2)18-16-8-12(3)10-20(18)7-6-14-15-9-13(21)4-5-17(15)22-19(14)16/h4-5,9,11-12,16,18,21H,6-8,10H2,1-3H3. The Balaban J connectivity index is 1.89. The fourth-order valence-corrected chi connectivity index (χ4v) is 4.78. The summed E-state index contributed by atoms with van der Waals surface area (Å²) in [7, 11) is 0. The van der Waals surface area contributed by atoms with Crippen LogP contribution in [0.5, 0.6) is 5.75 Å². The van der Waals surface area contributed by atoms with Crippen LogP contribution in [0.2, 0.25) is 0 Å². The lowest BCUT2D eigenvalue weighted by molar-refractivity contribution is 0.0640. The number of hydrogen-bond acceptors (Lipinski definition) is 3. The molecule has 4 rings (SSSR count). The van der Waals surface area contributed by atoms with Gasteiger partial charge in [-0.3, -0.25) is 4.90 Å². The molecule has 0 radical (unpaired) electrons. The van der Waals surface area contributed by atoms with E-state index in [4.69, 9.17) is 4.42 Å². The number of furan rings is 1. The quantitative estimate of drug-likeness (QED) is 0.859. The normalized spacial score (nSPS) is 31.3. The zero-order valence-corrected chi connectivity index (χ0v) is 13.7. The SMILES string of the molecule is CC1CC2c3oc4ccc(O)cc4c3CCN(C1)C2C(C)C. The summed E-state index contributed by atoms with van der Waals surface area (Å²) >= 11 is 0. The maximum atomic E-state index is 9.84. The lowest BCUT2D eigenvalue weighted by Crippen LogP contribution is -2.49. The molecule has 3 heterocycles. The topological polar surface area (TPSA) is 36.6 Å². The molecule has 0 saturated carbocycles. The molecule has 1 aromatic carbocycles. The van der Waals surface area contributed by atoms with Gasteiger partial charge in [0.1, 0.15) is 17.1 Å². The maximum Gasteiger partial charge on any atom is 0.134 e. The Bertz CT molecular complexity index is 703. The highest BCUT2D eigenvalue weighted by Crippen LogP contribution is 2.45. The Kier molecular flexibility index (Phi) is 3.23. The molecule has 2 bridgehead atoms. The molecule has 0 amide bonds. The predicted molar refractivity (Wildman–Crippen MR) is 88.3 cm³/mol. The molecule has 22 heavy (non-hydrogen) atoms. The molecule has 2 aliphatic rings. The number of phenols is 1. The van der Waals surface area contributed by atoms with Crippen molar-refractivity contribution >= 4 is 11.0 Å². The van der Waals surface area contributed by atoms with Gasteiger partial charge in [-0.15, -0.1) is 0 Å². The summed E-state index contributed by atoms with van der Waals surface area (Å²) < 4.78 is 6.30. The molecule has 1 N–H and O–H groups in total. The molecular formula is C19H25NO2. The second-order valence-corrected chi connectivity index (χ2v) is 7.55. The molecule has 3 nitrogen and oxygen atoms in total. The van der Waals surface area contributed by atoms with E-state index in [0.29, 0.717) is 29.5 Å². The molecule has 1 saturated heterocycles. The Hall–Kier alpha value is -1.48. The highest BCUT2D eigenvalue weighted by atomic mass is 16.3. The minimum Gasteiger partial charge on any atom is -0.508 e. The van der Waals surface area contributed by atoms with Gasteiger partial charge in [-0.1, -0.05) is 20.8 Å². The summed E-state index contributed by atoms with van der Waals surface area (Å²) in [6.07, 6.45) is 2.23. The average molecular weight is 299 g/mol. The second kappa shape index (κ2) is 5.02. The van der Waals surface area contributed by atoms with Crippen LogP contribution < -0.4 is 0 Å². The van der Waals surface area contributed by atoms with Crippen LogP contribution in [0.25, 0.3) is 11.0 Å². The van der Waals surface area contributed by atoms with Crippen molar-refractivity contribution in [3.63, 3.8) is 0 Å². The second-order valence-electron chi connectivity index (χ2n) is 7.55. The molecule has 0 spiro atoms. The van der Waals surface area contributed by atoms with Gasteiger partial charge in [-0.05, 0) is 42.9 Å². The van der Waals surface area contributed by atoms with Crippen molar-refractivity contribution in [1.29, 1.82) is 0 Å². The van der Waals surface area contributed by atoms with E-state index < -0.39 is 0 Å². The van der Waals surface area contributed by atoms with Gasteiger partial charge in [0.25, 0.3) is 0 Å². The summed E-state index contributed by atoms with van der Waals surface area (Å²) in [6.45, 7) is 9.32. The number of hydrogen-bond donors (Lipinski definition) is 1. The number of rotatable bonds is 1. The van der Waals surface area contributed by atoms with Gasteiger partial charge in [-0.25, -0.2) is 0 Å². The minimum absolute atomic E-state index is 0.331. The summed E-state index contributed by atoms with van der Waals surface area (Å²) in [5.41, 5.74) is 2.26. The van der Waals surface area contributed by atoms with Crippen LogP contribution in [0.3, 0.4) is 0 Å². The van der Waals surface area contributed by atoms with Gasteiger partial charge >= 0.3 is 0 Å². The molecule has 2 aromatic rings. The molecule has 1 fully saturated rings. The van der Waals surface area contributed by atoms with Crippen LogP contribution in [0.4, 0.5) is 0 Å². The van der Waals surface area contributed by atoms with Crippen molar-refractivity contribution < 1.29 is 9.52 Å². The zero-order valence-electron chi connectivity index (χ0n) is 13.7. The summed E-state index contributed by atoms with van der Waals surface area (Å²) in [4.78, 5) is 2.67. The summed E-state index contributed by atoms with van der Waals surface area (Å²) in [5.74, 6) is 3.35. The minimum atomic E-state index is 0.331. The van der Waals surface area contributed by atoms with E-state index in [0.717, 1.165) is 23.9 Å². The average Bonchev–Trinajstić information content (AvgIpc) is 2.77. The first-order valence-electron chi connectivity index (χ1n) is 8.53. The third-order valence-electron chi connectivity index (χ3n) is 5.51. The van der Waals surface area contributed by atoms with Crippen LogP contribution in [0, 0.1) is 11.8 Å². The van der Waals surface area contributed by atoms with Gasteiger partial charge in [-0.2, -0.15) is 0 Å².